The zero-order chi connectivity index (χ0) is 14.6. The number of aromatic nitrogens is 2. The van der Waals surface area contributed by atoms with Crippen LogP contribution in [0.2, 0.25) is 0 Å². The van der Waals surface area contributed by atoms with Gasteiger partial charge >= 0.3 is 5.97 Å². The van der Waals surface area contributed by atoms with Crippen molar-refractivity contribution >= 4 is 11.8 Å². The number of carbonyl (C=O) groups is 1. The molecule has 0 aliphatic rings. The standard InChI is InChI=1S/C13H23N3O3/c1-9(2)8-16(6-7-19-5)12-11(13(17)18)10(3)14-15(12)4/h9H,6-8H2,1-5H3,(H,17,18). The van der Waals surface area contributed by atoms with Crippen molar-refractivity contribution in [3.63, 3.8) is 0 Å². The summed E-state index contributed by atoms with van der Waals surface area (Å²) < 4.78 is 6.74. The largest absolute Gasteiger partial charge is 0.477 e. The second-order valence-corrected chi connectivity index (χ2v) is 5.05. The molecule has 108 valence electrons. The molecule has 0 unspecified atom stereocenters. The predicted octanol–water partition coefficient (Wildman–Crippen LogP) is 1.54. The molecule has 0 fully saturated rings. The summed E-state index contributed by atoms with van der Waals surface area (Å²) in [5, 5.41) is 13.6. The van der Waals surface area contributed by atoms with E-state index in [1.807, 2.05) is 4.90 Å². The lowest BCUT2D eigenvalue weighted by atomic mass is 10.1. The summed E-state index contributed by atoms with van der Waals surface area (Å²) in [6.45, 7) is 7.89. The van der Waals surface area contributed by atoms with E-state index < -0.39 is 5.97 Å². The van der Waals surface area contributed by atoms with E-state index in [-0.39, 0.29) is 5.56 Å². The van der Waals surface area contributed by atoms with Gasteiger partial charge in [-0.15, -0.1) is 0 Å². The highest BCUT2D eigenvalue weighted by Gasteiger charge is 2.24. The first-order valence-electron chi connectivity index (χ1n) is 6.39. The fourth-order valence-electron chi connectivity index (χ4n) is 2.19. The Morgan fingerprint density at radius 3 is 2.63 bits per heavy atom. The number of hydrogen-bond acceptors (Lipinski definition) is 4. The average Bonchev–Trinajstić information content (AvgIpc) is 2.59. The Morgan fingerprint density at radius 1 is 1.53 bits per heavy atom. The van der Waals surface area contributed by atoms with Crippen LogP contribution in [-0.4, -0.2) is 47.7 Å². The minimum absolute atomic E-state index is 0.277. The first kappa shape index (κ1) is 15.5. The predicted molar refractivity (Wildman–Crippen MR) is 73.8 cm³/mol. The van der Waals surface area contributed by atoms with E-state index in [0.29, 0.717) is 30.6 Å². The number of aromatic carboxylic acids is 1. The minimum Gasteiger partial charge on any atom is -0.477 e. The maximum absolute atomic E-state index is 11.4. The Morgan fingerprint density at radius 2 is 2.16 bits per heavy atom. The summed E-state index contributed by atoms with van der Waals surface area (Å²) in [5.41, 5.74) is 0.815. The number of hydrogen-bond donors (Lipinski definition) is 1. The van der Waals surface area contributed by atoms with Gasteiger partial charge in [0.1, 0.15) is 11.4 Å². The Bertz CT molecular complexity index is 441. The Hall–Kier alpha value is -1.56. The lowest BCUT2D eigenvalue weighted by molar-refractivity contribution is 0.0696. The molecule has 1 rings (SSSR count). The van der Waals surface area contributed by atoms with Crippen LogP contribution in [0.4, 0.5) is 5.82 Å². The first-order chi connectivity index (χ1) is 8.88. The molecule has 0 aliphatic heterocycles. The highest BCUT2D eigenvalue weighted by atomic mass is 16.5. The summed E-state index contributed by atoms with van der Waals surface area (Å²) in [5.74, 6) is 0.135. The number of methoxy groups -OCH3 is 1. The van der Waals surface area contributed by atoms with Crippen LogP contribution in [0.25, 0.3) is 0 Å². The van der Waals surface area contributed by atoms with Gasteiger partial charge < -0.3 is 14.7 Å². The van der Waals surface area contributed by atoms with E-state index in [2.05, 4.69) is 18.9 Å². The Balaban J connectivity index is 3.16. The van der Waals surface area contributed by atoms with Crippen molar-refractivity contribution in [1.29, 1.82) is 0 Å². The van der Waals surface area contributed by atoms with Gasteiger partial charge in [-0.2, -0.15) is 5.10 Å². The molecule has 0 saturated heterocycles. The molecule has 6 heteroatoms. The van der Waals surface area contributed by atoms with Crippen molar-refractivity contribution in [1.82, 2.24) is 9.78 Å². The molecule has 0 saturated carbocycles. The van der Waals surface area contributed by atoms with Crippen LogP contribution in [0.3, 0.4) is 0 Å². The molecule has 1 N–H and O–H groups in total. The summed E-state index contributed by atoms with van der Waals surface area (Å²) in [7, 11) is 3.41. The molecule has 1 aromatic rings. The third kappa shape index (κ3) is 3.70. The Kier molecular flexibility index (Phi) is 5.35. The molecule has 0 amide bonds. The minimum atomic E-state index is -0.938. The van der Waals surface area contributed by atoms with E-state index >= 15 is 0 Å². The molecule has 0 bridgehead atoms. The molecule has 1 aromatic heterocycles. The zero-order valence-electron chi connectivity index (χ0n) is 12.3. The van der Waals surface area contributed by atoms with Gasteiger partial charge in [-0.1, -0.05) is 13.8 Å². The molecular weight excluding hydrogens is 246 g/mol. The van der Waals surface area contributed by atoms with Crippen molar-refractivity contribution in [2.45, 2.75) is 20.8 Å². The molecule has 0 spiro atoms. The lowest BCUT2D eigenvalue weighted by Gasteiger charge is -2.26. The molecule has 0 radical (unpaired) electrons. The van der Waals surface area contributed by atoms with Gasteiger partial charge in [0.2, 0.25) is 0 Å². The van der Waals surface area contributed by atoms with E-state index in [1.54, 1.807) is 25.8 Å². The molecule has 0 aliphatic carbocycles. The lowest BCUT2D eigenvalue weighted by Crippen LogP contribution is -2.33. The van der Waals surface area contributed by atoms with Crippen molar-refractivity contribution < 1.29 is 14.6 Å². The second-order valence-electron chi connectivity index (χ2n) is 5.05. The molecule has 6 nitrogen and oxygen atoms in total. The van der Waals surface area contributed by atoms with E-state index in [1.165, 1.54) is 0 Å². The summed E-state index contributed by atoms with van der Waals surface area (Å²) in [6, 6.07) is 0. The molecule has 0 atom stereocenters. The smallest absolute Gasteiger partial charge is 0.341 e. The molecular formula is C13H23N3O3. The Labute approximate surface area is 114 Å². The SMILES string of the molecule is COCCN(CC(C)C)c1c(C(=O)O)c(C)nn1C. The van der Waals surface area contributed by atoms with E-state index in [9.17, 15) is 9.90 Å². The number of ether oxygens (including phenoxy) is 1. The summed E-state index contributed by atoms with van der Waals surface area (Å²) >= 11 is 0. The van der Waals surface area contributed by atoms with Crippen molar-refractivity contribution in [2.75, 3.05) is 31.7 Å². The van der Waals surface area contributed by atoms with Crippen LogP contribution in [0.5, 0.6) is 0 Å². The topological polar surface area (TPSA) is 67.6 Å². The average molecular weight is 269 g/mol. The number of anilines is 1. The zero-order valence-corrected chi connectivity index (χ0v) is 12.3. The quantitative estimate of drug-likeness (QED) is 0.813. The number of carboxylic acid groups (broad SMARTS) is 1. The van der Waals surface area contributed by atoms with Crippen LogP contribution < -0.4 is 4.90 Å². The van der Waals surface area contributed by atoms with Gasteiger partial charge in [0.25, 0.3) is 0 Å². The van der Waals surface area contributed by atoms with Gasteiger partial charge in [0.05, 0.1) is 12.3 Å². The van der Waals surface area contributed by atoms with Crippen LogP contribution >= 0.6 is 0 Å². The number of aryl methyl sites for hydroxylation is 2. The monoisotopic (exact) mass is 269 g/mol. The van der Waals surface area contributed by atoms with Gasteiger partial charge in [0, 0.05) is 27.2 Å². The normalized spacial score (nSPS) is 11.1. The number of carboxylic acids is 1. The molecule has 0 aromatic carbocycles. The second kappa shape index (κ2) is 6.56. The third-order valence-corrected chi connectivity index (χ3v) is 2.86. The fourth-order valence-corrected chi connectivity index (χ4v) is 2.19. The number of rotatable bonds is 7. The van der Waals surface area contributed by atoms with Crippen LogP contribution in [0.1, 0.15) is 29.9 Å². The first-order valence-corrected chi connectivity index (χ1v) is 6.39. The molecule has 1 heterocycles. The van der Waals surface area contributed by atoms with Crippen molar-refractivity contribution in [3.8, 4) is 0 Å². The van der Waals surface area contributed by atoms with Crippen molar-refractivity contribution in [3.05, 3.63) is 11.3 Å². The van der Waals surface area contributed by atoms with Crippen LogP contribution in [-0.2, 0) is 11.8 Å². The number of nitrogens with zero attached hydrogens (tertiary/aromatic N) is 3. The van der Waals surface area contributed by atoms with Crippen LogP contribution in [0.15, 0.2) is 0 Å². The fraction of sp³-hybridized carbons (Fsp3) is 0.692. The van der Waals surface area contributed by atoms with E-state index in [0.717, 1.165) is 6.54 Å². The maximum atomic E-state index is 11.4. The summed E-state index contributed by atoms with van der Waals surface area (Å²) in [4.78, 5) is 13.4. The van der Waals surface area contributed by atoms with Crippen molar-refractivity contribution in [2.24, 2.45) is 13.0 Å². The van der Waals surface area contributed by atoms with Gasteiger partial charge in [-0.25, -0.2) is 4.79 Å². The third-order valence-electron chi connectivity index (χ3n) is 2.86. The van der Waals surface area contributed by atoms with Gasteiger partial charge in [0.15, 0.2) is 0 Å². The van der Waals surface area contributed by atoms with Gasteiger partial charge in [-0.3, -0.25) is 4.68 Å². The highest BCUT2D eigenvalue weighted by Crippen LogP contribution is 2.24. The maximum Gasteiger partial charge on any atom is 0.341 e. The summed E-state index contributed by atoms with van der Waals surface area (Å²) in [6.07, 6.45) is 0. The highest BCUT2D eigenvalue weighted by molar-refractivity contribution is 5.94. The van der Waals surface area contributed by atoms with E-state index in [4.69, 9.17) is 4.74 Å². The van der Waals surface area contributed by atoms with Crippen LogP contribution in [0, 0.1) is 12.8 Å². The molecule has 19 heavy (non-hydrogen) atoms. The van der Waals surface area contributed by atoms with Gasteiger partial charge in [-0.05, 0) is 12.8 Å².